The molecule has 1 aliphatic carbocycles. The van der Waals surface area contributed by atoms with Crippen LogP contribution < -0.4 is 0 Å². The van der Waals surface area contributed by atoms with E-state index in [4.69, 9.17) is 0 Å². The predicted molar refractivity (Wildman–Crippen MR) is 63.4 cm³/mol. The van der Waals surface area contributed by atoms with Gasteiger partial charge in [-0.05, 0) is 24.4 Å². The van der Waals surface area contributed by atoms with Gasteiger partial charge in [-0.2, -0.15) is 4.37 Å². The van der Waals surface area contributed by atoms with Gasteiger partial charge in [-0.3, -0.25) is 0 Å². The molecule has 1 heterocycles. The number of aliphatic hydroxyl groups is 1. The maximum Gasteiger partial charge on any atom is 0.170 e. The van der Waals surface area contributed by atoms with Crippen molar-refractivity contribution in [1.29, 1.82) is 0 Å². The van der Waals surface area contributed by atoms with Crippen LogP contribution in [-0.2, 0) is 6.42 Å². The third-order valence-corrected chi connectivity index (χ3v) is 4.91. The van der Waals surface area contributed by atoms with Crippen LogP contribution in [0.3, 0.4) is 0 Å². The van der Waals surface area contributed by atoms with Gasteiger partial charge in [0.15, 0.2) is 4.34 Å². The first-order chi connectivity index (χ1) is 7.22. The van der Waals surface area contributed by atoms with Crippen LogP contribution in [0.4, 0.5) is 0 Å². The van der Waals surface area contributed by atoms with E-state index >= 15 is 0 Å². The lowest BCUT2D eigenvalue weighted by Crippen LogP contribution is -2.26. The van der Waals surface area contributed by atoms with Crippen LogP contribution in [0.25, 0.3) is 0 Å². The summed E-state index contributed by atoms with van der Waals surface area (Å²) in [5, 5.41) is 10.2. The van der Waals surface area contributed by atoms with Gasteiger partial charge in [0.2, 0.25) is 0 Å². The van der Waals surface area contributed by atoms with Crippen LogP contribution in [0, 0.1) is 0 Å². The number of thioether (sulfide) groups is 1. The maximum absolute atomic E-state index is 10.2. The maximum atomic E-state index is 10.2. The summed E-state index contributed by atoms with van der Waals surface area (Å²) in [7, 11) is 0. The smallest absolute Gasteiger partial charge is 0.170 e. The second-order valence-corrected chi connectivity index (χ2v) is 6.02. The highest BCUT2D eigenvalue weighted by molar-refractivity contribution is 8.01. The fraction of sp³-hybridized carbons (Fsp3) is 0.800. The van der Waals surface area contributed by atoms with Gasteiger partial charge in [-0.25, -0.2) is 4.98 Å². The molecule has 0 unspecified atom stereocenters. The molecule has 3 nitrogen and oxygen atoms in total. The second kappa shape index (κ2) is 4.80. The fourth-order valence-corrected chi connectivity index (χ4v) is 3.66. The first-order valence-electron chi connectivity index (χ1n) is 5.40. The average Bonchev–Trinajstić information content (AvgIpc) is 2.84. The molecule has 0 spiro atoms. The molecule has 15 heavy (non-hydrogen) atoms. The highest BCUT2D eigenvalue weighted by Crippen LogP contribution is 2.35. The van der Waals surface area contributed by atoms with Crippen molar-refractivity contribution >= 4 is 23.3 Å². The van der Waals surface area contributed by atoms with E-state index in [-0.39, 0.29) is 0 Å². The quantitative estimate of drug-likeness (QED) is 0.827. The second-order valence-electron chi connectivity index (χ2n) is 4.05. The Hall–Kier alpha value is -0.130. The lowest BCUT2D eigenvalue weighted by Gasteiger charge is -2.20. The van der Waals surface area contributed by atoms with Crippen LogP contribution in [-0.4, -0.2) is 25.8 Å². The fourth-order valence-electron chi connectivity index (χ4n) is 1.81. The minimum absolute atomic E-state index is 0.442. The Morgan fingerprint density at radius 3 is 2.80 bits per heavy atom. The number of nitrogens with zero attached hydrogens (tertiary/aromatic N) is 2. The summed E-state index contributed by atoms with van der Waals surface area (Å²) in [6, 6.07) is 0. The van der Waals surface area contributed by atoms with Crippen molar-refractivity contribution in [2.75, 3.05) is 5.75 Å². The normalized spacial score (nSPS) is 19.6. The molecule has 1 aromatic rings. The molecule has 5 heteroatoms. The van der Waals surface area contributed by atoms with Crippen LogP contribution >= 0.6 is 23.3 Å². The summed E-state index contributed by atoms with van der Waals surface area (Å²) in [5.74, 6) is 1.69. The zero-order chi connectivity index (χ0) is 10.7. The number of hydrogen-bond donors (Lipinski definition) is 1. The van der Waals surface area contributed by atoms with Crippen molar-refractivity contribution in [3.8, 4) is 0 Å². The predicted octanol–water partition coefficient (Wildman–Crippen LogP) is 2.50. The molecule has 1 N–H and O–H groups in total. The molecule has 1 aromatic heterocycles. The molecule has 1 saturated carbocycles. The van der Waals surface area contributed by atoms with Crippen molar-refractivity contribution in [1.82, 2.24) is 9.36 Å². The molecule has 0 aromatic carbocycles. The Kier molecular flexibility index (Phi) is 3.64. The minimum atomic E-state index is -0.442. The number of hydrogen-bond acceptors (Lipinski definition) is 5. The summed E-state index contributed by atoms with van der Waals surface area (Å²) in [6.07, 6.45) is 5.10. The van der Waals surface area contributed by atoms with Crippen molar-refractivity contribution < 1.29 is 5.11 Å². The Labute approximate surface area is 98.5 Å². The highest BCUT2D eigenvalue weighted by Gasteiger charge is 2.31. The molecule has 1 aliphatic rings. The average molecular weight is 244 g/mol. The topological polar surface area (TPSA) is 46.0 Å². The van der Waals surface area contributed by atoms with Gasteiger partial charge in [-0.1, -0.05) is 31.5 Å². The molecule has 2 rings (SSSR count). The molecule has 0 atom stereocenters. The van der Waals surface area contributed by atoms with Gasteiger partial charge in [-0.15, -0.1) is 0 Å². The Bertz CT molecular complexity index is 321. The molecule has 0 aliphatic heterocycles. The van der Waals surface area contributed by atoms with Gasteiger partial charge in [0.05, 0.1) is 5.60 Å². The van der Waals surface area contributed by atoms with Crippen LogP contribution in [0.5, 0.6) is 0 Å². The summed E-state index contributed by atoms with van der Waals surface area (Å²) in [6.45, 7) is 2.06. The Balaban J connectivity index is 1.87. The molecule has 0 saturated heterocycles. The van der Waals surface area contributed by atoms with Gasteiger partial charge in [0.25, 0.3) is 0 Å². The molecular formula is C10H16N2OS2. The first kappa shape index (κ1) is 11.4. The zero-order valence-corrected chi connectivity index (χ0v) is 10.5. The third-order valence-electron chi connectivity index (χ3n) is 2.76. The van der Waals surface area contributed by atoms with Crippen LogP contribution in [0.15, 0.2) is 4.34 Å². The SMILES string of the molecule is CCc1nsc(SCC2(O)CCCC2)n1. The lowest BCUT2D eigenvalue weighted by atomic mass is 10.1. The molecule has 1 fully saturated rings. The van der Waals surface area contributed by atoms with Gasteiger partial charge < -0.3 is 5.11 Å². The van der Waals surface area contributed by atoms with Gasteiger partial charge in [0.1, 0.15) is 5.82 Å². The van der Waals surface area contributed by atoms with E-state index in [1.54, 1.807) is 11.8 Å². The molecule has 0 amide bonds. The number of aromatic nitrogens is 2. The van der Waals surface area contributed by atoms with E-state index in [9.17, 15) is 5.11 Å². The van der Waals surface area contributed by atoms with Crippen molar-refractivity contribution in [2.45, 2.75) is 49.0 Å². The molecule has 0 radical (unpaired) electrons. The van der Waals surface area contributed by atoms with E-state index in [0.717, 1.165) is 48.0 Å². The zero-order valence-electron chi connectivity index (χ0n) is 8.90. The van der Waals surface area contributed by atoms with E-state index in [1.807, 2.05) is 0 Å². The summed E-state index contributed by atoms with van der Waals surface area (Å²) >= 11 is 3.09. The lowest BCUT2D eigenvalue weighted by molar-refractivity contribution is 0.0732. The monoisotopic (exact) mass is 244 g/mol. The van der Waals surface area contributed by atoms with Crippen molar-refractivity contribution in [3.63, 3.8) is 0 Å². The Morgan fingerprint density at radius 2 is 2.20 bits per heavy atom. The van der Waals surface area contributed by atoms with Crippen LogP contribution in [0.1, 0.15) is 38.4 Å². The van der Waals surface area contributed by atoms with Gasteiger partial charge >= 0.3 is 0 Å². The Morgan fingerprint density at radius 1 is 1.47 bits per heavy atom. The van der Waals surface area contributed by atoms with Crippen LogP contribution in [0.2, 0.25) is 0 Å². The summed E-state index contributed by atoms with van der Waals surface area (Å²) < 4.78 is 5.22. The number of rotatable bonds is 4. The molecular weight excluding hydrogens is 228 g/mol. The van der Waals surface area contributed by atoms with E-state index in [1.165, 1.54) is 11.5 Å². The van der Waals surface area contributed by atoms with Crippen molar-refractivity contribution in [2.24, 2.45) is 0 Å². The van der Waals surface area contributed by atoms with Gasteiger partial charge in [0, 0.05) is 12.2 Å². The van der Waals surface area contributed by atoms with E-state index < -0.39 is 5.60 Å². The van der Waals surface area contributed by atoms with E-state index in [0.29, 0.717) is 0 Å². The van der Waals surface area contributed by atoms with Crippen molar-refractivity contribution in [3.05, 3.63) is 5.82 Å². The largest absolute Gasteiger partial charge is 0.389 e. The van der Waals surface area contributed by atoms with E-state index in [2.05, 4.69) is 16.3 Å². The third kappa shape index (κ3) is 2.92. The number of aryl methyl sites for hydroxylation is 1. The molecule has 84 valence electrons. The summed E-state index contributed by atoms with van der Waals surface area (Å²) in [4.78, 5) is 4.38. The summed E-state index contributed by atoms with van der Waals surface area (Å²) in [5.41, 5.74) is -0.442. The first-order valence-corrected chi connectivity index (χ1v) is 7.15. The highest BCUT2D eigenvalue weighted by atomic mass is 32.2. The molecule has 0 bridgehead atoms. The minimum Gasteiger partial charge on any atom is -0.389 e. The standard InChI is InChI=1S/C10H16N2OS2/c1-2-8-11-9(15-12-8)14-7-10(13)5-3-4-6-10/h13H,2-7H2,1H3.